The van der Waals surface area contributed by atoms with Gasteiger partial charge in [-0.1, -0.05) is 36.4 Å². The number of sulfonamides is 1. The first-order chi connectivity index (χ1) is 15.5. The van der Waals surface area contributed by atoms with E-state index in [2.05, 4.69) is 0 Å². The number of carboxylic acids is 1. The molecule has 0 saturated heterocycles. The molecule has 0 heterocycles. The van der Waals surface area contributed by atoms with E-state index < -0.39 is 21.6 Å². The quantitative estimate of drug-likeness (QED) is 0.486. The van der Waals surface area contributed by atoms with E-state index in [-0.39, 0.29) is 23.6 Å². The number of aliphatic hydroxyl groups is 1. The Hall–Kier alpha value is -3.36. The summed E-state index contributed by atoms with van der Waals surface area (Å²) in [6.07, 6.45) is 0. The summed E-state index contributed by atoms with van der Waals surface area (Å²) in [6, 6.07) is 19.5. The topological polar surface area (TPSA) is 104 Å². The molecule has 3 rings (SSSR count). The Balaban J connectivity index is 2.00. The van der Waals surface area contributed by atoms with Crippen molar-refractivity contribution in [2.75, 3.05) is 10.8 Å². The SMILES string of the molecule is Cc1ccc(N(CC(C)(C)O)S(=O)(=O)c2ccccc2)c(OCc2ccc(C(=O)O)cc2)c1. The standard InChI is InChI=1S/C25H27NO6S/c1-18-9-14-22(23(15-18)32-16-19-10-12-20(13-11-19)24(27)28)26(17-25(2,3)29)33(30,31)21-7-5-4-6-8-21/h4-15,29H,16-17H2,1-3H3,(H,27,28). The van der Waals surface area contributed by atoms with Crippen molar-refractivity contribution in [3.8, 4) is 5.75 Å². The summed E-state index contributed by atoms with van der Waals surface area (Å²) in [5.74, 6) is -0.683. The summed E-state index contributed by atoms with van der Waals surface area (Å²) in [4.78, 5) is 11.2. The zero-order valence-electron chi connectivity index (χ0n) is 18.7. The molecule has 3 aromatic rings. The first-order valence-electron chi connectivity index (χ1n) is 10.3. The average Bonchev–Trinajstić information content (AvgIpc) is 2.76. The van der Waals surface area contributed by atoms with Crippen LogP contribution in [-0.4, -0.2) is 36.7 Å². The molecule has 8 heteroatoms. The van der Waals surface area contributed by atoms with E-state index in [1.807, 2.05) is 6.92 Å². The zero-order chi connectivity index (χ0) is 24.2. The summed E-state index contributed by atoms with van der Waals surface area (Å²) in [5, 5.41) is 19.5. The van der Waals surface area contributed by atoms with Crippen LogP contribution in [0.25, 0.3) is 0 Å². The van der Waals surface area contributed by atoms with Crippen LogP contribution in [0.15, 0.2) is 77.7 Å². The maximum Gasteiger partial charge on any atom is 0.335 e. The molecule has 2 N–H and O–H groups in total. The molecule has 174 valence electrons. The second kappa shape index (κ2) is 9.64. The molecule has 0 spiro atoms. The number of carboxylic acid groups (broad SMARTS) is 1. The van der Waals surface area contributed by atoms with Gasteiger partial charge in [0.1, 0.15) is 12.4 Å². The van der Waals surface area contributed by atoms with Crippen molar-refractivity contribution in [1.29, 1.82) is 0 Å². The van der Waals surface area contributed by atoms with E-state index in [1.165, 1.54) is 24.3 Å². The molecule has 0 amide bonds. The number of anilines is 1. The number of aromatic carboxylic acids is 1. The lowest BCUT2D eigenvalue weighted by molar-refractivity contribution is 0.0696. The molecule has 0 unspecified atom stereocenters. The van der Waals surface area contributed by atoms with Crippen LogP contribution >= 0.6 is 0 Å². The lowest BCUT2D eigenvalue weighted by Gasteiger charge is -2.31. The van der Waals surface area contributed by atoms with Gasteiger partial charge in [0.2, 0.25) is 0 Å². The van der Waals surface area contributed by atoms with Crippen molar-refractivity contribution >= 4 is 21.7 Å². The highest BCUT2D eigenvalue weighted by Crippen LogP contribution is 2.35. The molecular formula is C25H27NO6S. The van der Waals surface area contributed by atoms with E-state index in [0.717, 1.165) is 15.4 Å². The summed E-state index contributed by atoms with van der Waals surface area (Å²) < 4.78 is 34.2. The number of hydrogen-bond acceptors (Lipinski definition) is 5. The smallest absolute Gasteiger partial charge is 0.335 e. The molecule has 0 atom stereocenters. The fraction of sp³-hybridized carbons (Fsp3) is 0.240. The van der Waals surface area contributed by atoms with Gasteiger partial charge in [-0.3, -0.25) is 4.31 Å². The van der Waals surface area contributed by atoms with Gasteiger partial charge in [-0.15, -0.1) is 0 Å². The third-order valence-corrected chi connectivity index (χ3v) is 6.61. The van der Waals surface area contributed by atoms with Crippen molar-refractivity contribution in [2.24, 2.45) is 0 Å². The Morgan fingerprint density at radius 1 is 1.00 bits per heavy atom. The highest BCUT2D eigenvalue weighted by Gasteiger charge is 2.32. The summed E-state index contributed by atoms with van der Waals surface area (Å²) in [5.41, 5.74) is 0.758. The molecule has 0 fully saturated rings. The maximum absolute atomic E-state index is 13.5. The van der Waals surface area contributed by atoms with Crippen molar-refractivity contribution < 1.29 is 28.2 Å². The molecule has 0 aromatic heterocycles. The van der Waals surface area contributed by atoms with Crippen LogP contribution in [0.3, 0.4) is 0 Å². The van der Waals surface area contributed by atoms with Crippen LogP contribution in [-0.2, 0) is 16.6 Å². The normalized spacial score (nSPS) is 11.8. The third kappa shape index (κ3) is 6.12. The van der Waals surface area contributed by atoms with E-state index in [1.54, 1.807) is 62.4 Å². The number of ether oxygens (including phenoxy) is 1. The van der Waals surface area contributed by atoms with E-state index >= 15 is 0 Å². The first-order valence-corrected chi connectivity index (χ1v) is 11.8. The van der Waals surface area contributed by atoms with Gasteiger partial charge >= 0.3 is 5.97 Å². The van der Waals surface area contributed by atoms with Crippen LogP contribution in [0.1, 0.15) is 35.3 Å². The second-order valence-electron chi connectivity index (χ2n) is 8.40. The average molecular weight is 470 g/mol. The minimum atomic E-state index is -3.99. The molecule has 7 nitrogen and oxygen atoms in total. The minimum Gasteiger partial charge on any atom is -0.487 e. The van der Waals surface area contributed by atoms with Gasteiger partial charge in [0, 0.05) is 0 Å². The van der Waals surface area contributed by atoms with Crippen molar-refractivity contribution in [3.63, 3.8) is 0 Å². The van der Waals surface area contributed by atoms with Gasteiger partial charge < -0.3 is 14.9 Å². The highest BCUT2D eigenvalue weighted by molar-refractivity contribution is 7.92. The highest BCUT2D eigenvalue weighted by atomic mass is 32.2. The van der Waals surface area contributed by atoms with Crippen LogP contribution in [0, 0.1) is 6.92 Å². The van der Waals surface area contributed by atoms with Crippen molar-refractivity contribution in [2.45, 2.75) is 37.9 Å². The molecule has 0 aliphatic carbocycles. The zero-order valence-corrected chi connectivity index (χ0v) is 19.5. The molecule has 0 aliphatic rings. The number of rotatable bonds is 9. The number of benzene rings is 3. The molecule has 0 saturated carbocycles. The Kier molecular flexibility index (Phi) is 7.09. The molecule has 33 heavy (non-hydrogen) atoms. The van der Waals surface area contributed by atoms with Crippen molar-refractivity contribution in [3.05, 3.63) is 89.5 Å². The number of hydrogen-bond donors (Lipinski definition) is 2. The van der Waals surface area contributed by atoms with Gasteiger partial charge in [0.05, 0.1) is 28.3 Å². The summed E-state index contributed by atoms with van der Waals surface area (Å²) >= 11 is 0. The van der Waals surface area contributed by atoms with Gasteiger partial charge in [-0.05, 0) is 68.3 Å². The Morgan fingerprint density at radius 2 is 1.64 bits per heavy atom. The van der Waals surface area contributed by atoms with Crippen LogP contribution in [0.4, 0.5) is 5.69 Å². The second-order valence-corrected chi connectivity index (χ2v) is 10.3. The molecule has 0 bridgehead atoms. The molecule has 3 aromatic carbocycles. The minimum absolute atomic E-state index is 0.102. The lowest BCUT2D eigenvalue weighted by atomic mass is 10.1. The Bertz CT molecular complexity index is 1220. The van der Waals surface area contributed by atoms with Crippen LogP contribution < -0.4 is 9.04 Å². The fourth-order valence-electron chi connectivity index (χ4n) is 3.22. The molecular weight excluding hydrogens is 442 g/mol. The third-order valence-electron chi connectivity index (χ3n) is 4.84. The van der Waals surface area contributed by atoms with Crippen LogP contribution in [0.2, 0.25) is 0 Å². The first kappa shape index (κ1) is 24.3. The van der Waals surface area contributed by atoms with E-state index in [9.17, 15) is 18.3 Å². The van der Waals surface area contributed by atoms with Crippen molar-refractivity contribution in [1.82, 2.24) is 0 Å². The largest absolute Gasteiger partial charge is 0.487 e. The maximum atomic E-state index is 13.5. The predicted octanol–water partition coefficient (Wildman–Crippen LogP) is 4.24. The van der Waals surface area contributed by atoms with E-state index in [4.69, 9.17) is 9.84 Å². The van der Waals surface area contributed by atoms with Gasteiger partial charge in [-0.2, -0.15) is 0 Å². The van der Waals surface area contributed by atoms with Gasteiger partial charge in [0.25, 0.3) is 10.0 Å². The monoisotopic (exact) mass is 469 g/mol. The number of aryl methyl sites for hydroxylation is 1. The summed E-state index contributed by atoms with van der Waals surface area (Å²) in [6.45, 7) is 4.87. The summed E-state index contributed by atoms with van der Waals surface area (Å²) in [7, 11) is -3.99. The fourth-order valence-corrected chi connectivity index (χ4v) is 4.87. The Morgan fingerprint density at radius 3 is 2.21 bits per heavy atom. The molecule has 0 radical (unpaired) electrons. The number of carbonyl (C=O) groups is 1. The van der Waals surface area contributed by atoms with Crippen LogP contribution in [0.5, 0.6) is 5.75 Å². The van der Waals surface area contributed by atoms with Gasteiger partial charge in [-0.25, -0.2) is 13.2 Å². The number of nitrogens with zero attached hydrogens (tertiary/aromatic N) is 1. The molecule has 0 aliphatic heterocycles. The van der Waals surface area contributed by atoms with E-state index in [0.29, 0.717) is 11.4 Å². The van der Waals surface area contributed by atoms with Gasteiger partial charge in [0.15, 0.2) is 0 Å². The Labute approximate surface area is 193 Å². The predicted molar refractivity (Wildman–Crippen MR) is 126 cm³/mol. The lowest BCUT2D eigenvalue weighted by Crippen LogP contribution is -2.42.